The molecule has 0 saturated carbocycles. The van der Waals surface area contributed by atoms with E-state index < -0.39 is 0 Å². The summed E-state index contributed by atoms with van der Waals surface area (Å²) in [6.07, 6.45) is 1.61. The van der Waals surface area contributed by atoms with Crippen LogP contribution in [0.4, 0.5) is 10.8 Å². The molecule has 0 atom stereocenters. The van der Waals surface area contributed by atoms with Gasteiger partial charge < -0.3 is 9.80 Å². The predicted molar refractivity (Wildman–Crippen MR) is 95.6 cm³/mol. The number of anilines is 2. The van der Waals surface area contributed by atoms with Crippen molar-refractivity contribution in [3.05, 3.63) is 40.4 Å². The summed E-state index contributed by atoms with van der Waals surface area (Å²) in [5, 5.41) is 9.91. The van der Waals surface area contributed by atoms with Crippen LogP contribution < -0.4 is 4.90 Å². The first kappa shape index (κ1) is 16.5. The van der Waals surface area contributed by atoms with E-state index in [1.807, 2.05) is 36.1 Å². The zero-order valence-electron chi connectivity index (χ0n) is 14.0. The molecule has 1 fully saturated rings. The van der Waals surface area contributed by atoms with Gasteiger partial charge in [-0.15, -0.1) is 11.3 Å². The number of likely N-dealkylation sites (tertiary alicyclic amines) is 1. The molecule has 1 saturated heterocycles. The van der Waals surface area contributed by atoms with Crippen molar-refractivity contribution in [1.82, 2.24) is 9.88 Å². The number of thiazole rings is 1. The molecule has 0 spiro atoms. The predicted octanol–water partition coefficient (Wildman–Crippen LogP) is 3.39. The molecule has 24 heavy (non-hydrogen) atoms. The summed E-state index contributed by atoms with van der Waals surface area (Å²) in [5.41, 5.74) is 2.67. The van der Waals surface area contributed by atoms with Gasteiger partial charge in [0.2, 0.25) is 5.91 Å². The van der Waals surface area contributed by atoms with Gasteiger partial charge in [0.15, 0.2) is 5.13 Å². The van der Waals surface area contributed by atoms with Crippen molar-refractivity contribution in [2.24, 2.45) is 0 Å². The highest BCUT2D eigenvalue weighted by molar-refractivity contribution is 7.15. The zero-order valence-corrected chi connectivity index (χ0v) is 14.8. The fraction of sp³-hybridized carbons (Fsp3) is 0.389. The summed E-state index contributed by atoms with van der Waals surface area (Å²) in [4.78, 5) is 21.8. The second-order valence-electron chi connectivity index (χ2n) is 5.93. The molecule has 0 N–H and O–H groups in total. The molecule has 3 rings (SSSR count). The average Bonchev–Trinajstić information content (AvgIpc) is 3.14. The number of hydrogen-bond acceptors (Lipinski definition) is 5. The lowest BCUT2D eigenvalue weighted by Gasteiger charge is -2.25. The van der Waals surface area contributed by atoms with Gasteiger partial charge in [-0.1, -0.05) is 0 Å². The maximum atomic E-state index is 11.9. The molecule has 0 radical (unpaired) electrons. The average molecular weight is 340 g/mol. The molecule has 2 heterocycles. The SMILES string of the molecule is Cc1nc(N(CCN2CCCC2=O)c2ccc(C#N)cc2)sc1C. The Labute approximate surface area is 146 Å². The minimum Gasteiger partial charge on any atom is -0.341 e. The number of carbonyl (C=O) groups is 1. The lowest BCUT2D eigenvalue weighted by molar-refractivity contribution is -0.127. The van der Waals surface area contributed by atoms with Crippen molar-refractivity contribution in [2.75, 3.05) is 24.5 Å². The van der Waals surface area contributed by atoms with Crippen LogP contribution in [0.1, 0.15) is 29.0 Å². The Balaban J connectivity index is 1.85. The standard InChI is InChI=1S/C18H20N4OS/c1-13-14(2)24-18(20-13)22(11-10-21-9-3-4-17(21)23)16-7-5-15(12-19)6-8-16/h5-8H,3-4,9-11H2,1-2H3. The van der Waals surface area contributed by atoms with Crippen LogP contribution in [0.15, 0.2) is 24.3 Å². The summed E-state index contributed by atoms with van der Waals surface area (Å²) in [6.45, 7) is 6.31. The van der Waals surface area contributed by atoms with Crippen LogP contribution in [0.25, 0.3) is 0 Å². The zero-order chi connectivity index (χ0) is 17.1. The van der Waals surface area contributed by atoms with Crippen LogP contribution in [-0.2, 0) is 4.79 Å². The molecule has 1 aromatic carbocycles. The number of nitriles is 1. The van der Waals surface area contributed by atoms with E-state index in [1.165, 1.54) is 4.88 Å². The van der Waals surface area contributed by atoms with Gasteiger partial charge in [-0.05, 0) is 44.5 Å². The first-order valence-electron chi connectivity index (χ1n) is 8.08. The number of rotatable bonds is 5. The van der Waals surface area contributed by atoms with E-state index in [0.717, 1.165) is 29.5 Å². The largest absolute Gasteiger partial charge is 0.341 e. The monoisotopic (exact) mass is 340 g/mol. The van der Waals surface area contributed by atoms with Gasteiger partial charge in [0.25, 0.3) is 0 Å². The molecule has 1 aromatic heterocycles. The smallest absolute Gasteiger partial charge is 0.222 e. The molecular formula is C18H20N4OS. The molecule has 5 nitrogen and oxygen atoms in total. The summed E-state index contributed by atoms with van der Waals surface area (Å²) in [7, 11) is 0. The van der Waals surface area contributed by atoms with Crippen LogP contribution >= 0.6 is 11.3 Å². The van der Waals surface area contributed by atoms with E-state index in [1.54, 1.807) is 11.3 Å². The van der Waals surface area contributed by atoms with Crippen molar-refractivity contribution in [2.45, 2.75) is 26.7 Å². The van der Waals surface area contributed by atoms with Crippen molar-refractivity contribution < 1.29 is 4.79 Å². The van der Waals surface area contributed by atoms with Crippen molar-refractivity contribution in [3.8, 4) is 6.07 Å². The Morgan fingerprint density at radius 2 is 2.08 bits per heavy atom. The summed E-state index contributed by atoms with van der Waals surface area (Å²) in [5.74, 6) is 0.237. The first-order chi connectivity index (χ1) is 11.6. The number of nitrogens with zero attached hydrogens (tertiary/aromatic N) is 4. The first-order valence-corrected chi connectivity index (χ1v) is 8.89. The lowest BCUT2D eigenvalue weighted by Crippen LogP contribution is -2.33. The Morgan fingerprint density at radius 3 is 2.62 bits per heavy atom. The molecular weight excluding hydrogens is 320 g/mol. The van der Waals surface area contributed by atoms with Crippen molar-refractivity contribution in [3.63, 3.8) is 0 Å². The quantitative estimate of drug-likeness (QED) is 0.837. The van der Waals surface area contributed by atoms with E-state index in [-0.39, 0.29) is 5.91 Å². The van der Waals surface area contributed by atoms with Gasteiger partial charge >= 0.3 is 0 Å². The Hall–Kier alpha value is -2.39. The van der Waals surface area contributed by atoms with Crippen LogP contribution in [0, 0.1) is 25.2 Å². The fourth-order valence-corrected chi connectivity index (χ4v) is 3.74. The Kier molecular flexibility index (Phi) is 4.81. The summed E-state index contributed by atoms with van der Waals surface area (Å²) >= 11 is 1.66. The second kappa shape index (κ2) is 7.02. The number of aromatic nitrogens is 1. The van der Waals surface area contributed by atoms with Gasteiger partial charge in [0.1, 0.15) is 0 Å². The van der Waals surface area contributed by atoms with E-state index in [4.69, 9.17) is 5.26 Å². The summed E-state index contributed by atoms with van der Waals surface area (Å²) < 4.78 is 0. The van der Waals surface area contributed by atoms with Crippen LogP contribution in [-0.4, -0.2) is 35.4 Å². The highest BCUT2D eigenvalue weighted by Gasteiger charge is 2.22. The maximum absolute atomic E-state index is 11.9. The van der Waals surface area contributed by atoms with Gasteiger partial charge in [-0.3, -0.25) is 4.79 Å². The number of hydrogen-bond donors (Lipinski definition) is 0. The Bertz CT molecular complexity index is 756. The molecule has 2 aromatic rings. The van der Waals surface area contributed by atoms with Gasteiger partial charge in [0, 0.05) is 36.6 Å². The van der Waals surface area contributed by atoms with Gasteiger partial charge in [0.05, 0.1) is 17.3 Å². The number of benzene rings is 1. The van der Waals surface area contributed by atoms with Gasteiger partial charge in [-0.2, -0.15) is 5.26 Å². The topological polar surface area (TPSA) is 60.2 Å². The van der Waals surface area contributed by atoms with Gasteiger partial charge in [-0.25, -0.2) is 4.98 Å². The van der Waals surface area contributed by atoms with Crippen LogP contribution in [0.2, 0.25) is 0 Å². The number of carbonyl (C=O) groups excluding carboxylic acids is 1. The Morgan fingerprint density at radius 1 is 1.33 bits per heavy atom. The fourth-order valence-electron chi connectivity index (χ4n) is 2.78. The molecule has 1 aliphatic heterocycles. The highest BCUT2D eigenvalue weighted by Crippen LogP contribution is 2.31. The normalized spacial score (nSPS) is 14.0. The van der Waals surface area contributed by atoms with Crippen molar-refractivity contribution in [1.29, 1.82) is 5.26 Å². The van der Waals surface area contributed by atoms with E-state index in [9.17, 15) is 4.79 Å². The highest BCUT2D eigenvalue weighted by atomic mass is 32.1. The molecule has 1 aliphatic rings. The van der Waals surface area contributed by atoms with E-state index in [2.05, 4.69) is 22.9 Å². The van der Waals surface area contributed by atoms with Crippen molar-refractivity contribution >= 4 is 28.1 Å². The molecule has 0 aliphatic carbocycles. The number of aryl methyl sites for hydroxylation is 2. The number of amides is 1. The minimum absolute atomic E-state index is 0.237. The molecule has 0 unspecified atom stereocenters. The molecule has 0 bridgehead atoms. The van der Waals surface area contributed by atoms with Crippen LogP contribution in [0.3, 0.4) is 0 Å². The van der Waals surface area contributed by atoms with E-state index >= 15 is 0 Å². The third-order valence-electron chi connectivity index (χ3n) is 4.32. The van der Waals surface area contributed by atoms with Crippen LogP contribution in [0.5, 0.6) is 0 Å². The van der Waals surface area contributed by atoms with E-state index in [0.29, 0.717) is 25.1 Å². The molecule has 124 valence electrons. The maximum Gasteiger partial charge on any atom is 0.222 e. The third-order valence-corrected chi connectivity index (χ3v) is 5.42. The molecule has 6 heteroatoms. The third kappa shape index (κ3) is 3.41. The second-order valence-corrected chi connectivity index (χ2v) is 7.11. The minimum atomic E-state index is 0.237. The molecule has 1 amide bonds. The summed E-state index contributed by atoms with van der Waals surface area (Å²) in [6, 6.07) is 9.66. The lowest BCUT2D eigenvalue weighted by atomic mass is 10.2.